The van der Waals surface area contributed by atoms with Gasteiger partial charge in [0.15, 0.2) is 0 Å². The van der Waals surface area contributed by atoms with Crippen molar-refractivity contribution in [2.75, 3.05) is 13.1 Å². The molecule has 0 radical (unpaired) electrons. The van der Waals surface area contributed by atoms with E-state index in [1.54, 1.807) is 0 Å². The maximum Gasteiger partial charge on any atom is 0.0175 e. The van der Waals surface area contributed by atoms with Crippen molar-refractivity contribution in [3.8, 4) is 0 Å². The molecule has 1 rings (SSSR count). The number of hydrogen-bond acceptors (Lipinski definition) is 1. The van der Waals surface area contributed by atoms with Gasteiger partial charge >= 0.3 is 0 Å². The van der Waals surface area contributed by atoms with Crippen LogP contribution in [0.25, 0.3) is 0 Å². The van der Waals surface area contributed by atoms with Crippen molar-refractivity contribution in [3.63, 3.8) is 0 Å². The highest BCUT2D eigenvalue weighted by Gasteiger charge is 2.10. The molecular weight excluding hydrogens is 310 g/mol. The van der Waals surface area contributed by atoms with Gasteiger partial charge in [-0.1, -0.05) is 80.4 Å². The number of hydrogen-bond donors (Lipinski definition) is 1. The first-order valence-corrected chi connectivity index (χ1v) is 9.03. The lowest BCUT2D eigenvalue weighted by atomic mass is 9.92. The molecule has 0 spiro atoms. The van der Waals surface area contributed by atoms with Crippen LogP contribution in [0, 0.1) is 0 Å². The predicted octanol–water partition coefficient (Wildman–Crippen LogP) is 5.89. The van der Waals surface area contributed by atoms with Crippen LogP contribution in [0.4, 0.5) is 0 Å². The average molecular weight is 340 g/mol. The molecule has 0 saturated heterocycles. The molecule has 1 atom stereocenters. The highest BCUT2D eigenvalue weighted by molar-refractivity contribution is 9.10. The normalized spacial score (nSPS) is 12.6. The van der Waals surface area contributed by atoms with Gasteiger partial charge < -0.3 is 5.32 Å². The summed E-state index contributed by atoms with van der Waals surface area (Å²) < 4.78 is 1.17. The molecule has 0 heterocycles. The van der Waals surface area contributed by atoms with Crippen LogP contribution < -0.4 is 5.32 Å². The first kappa shape index (κ1) is 17.7. The minimum absolute atomic E-state index is 0.661. The fourth-order valence-corrected chi connectivity index (χ4v) is 2.88. The first-order chi connectivity index (χ1) is 9.77. The Morgan fingerprint density at radius 1 is 0.950 bits per heavy atom. The zero-order valence-corrected chi connectivity index (χ0v) is 14.7. The van der Waals surface area contributed by atoms with Gasteiger partial charge in [-0.2, -0.15) is 0 Å². The minimum Gasteiger partial charge on any atom is -0.316 e. The van der Waals surface area contributed by atoms with Crippen LogP contribution >= 0.6 is 15.9 Å². The van der Waals surface area contributed by atoms with Gasteiger partial charge in [-0.15, -0.1) is 0 Å². The van der Waals surface area contributed by atoms with E-state index in [4.69, 9.17) is 0 Å². The predicted molar refractivity (Wildman–Crippen MR) is 93.4 cm³/mol. The fraction of sp³-hybridized carbons (Fsp3) is 0.667. The fourth-order valence-electron chi connectivity index (χ4n) is 2.61. The van der Waals surface area contributed by atoms with Gasteiger partial charge in [0.05, 0.1) is 0 Å². The monoisotopic (exact) mass is 339 g/mol. The molecule has 1 N–H and O–H groups in total. The van der Waals surface area contributed by atoms with Gasteiger partial charge in [0.25, 0.3) is 0 Å². The molecular formula is C18H30BrN. The zero-order chi connectivity index (χ0) is 14.6. The standard InChI is InChI=1S/C18H30BrN/c1-3-5-6-7-8-9-10-17(15-20-4-2)16-11-13-18(19)14-12-16/h11-14,17,20H,3-10,15H2,1-2H3. The van der Waals surface area contributed by atoms with Crippen LogP contribution in [-0.2, 0) is 0 Å². The Kier molecular flexibility index (Phi) is 10.0. The Hall–Kier alpha value is -0.340. The number of unbranched alkanes of at least 4 members (excludes halogenated alkanes) is 5. The number of nitrogens with one attached hydrogen (secondary N) is 1. The first-order valence-electron chi connectivity index (χ1n) is 8.24. The third-order valence-corrected chi connectivity index (χ3v) is 4.42. The number of rotatable bonds is 11. The maximum absolute atomic E-state index is 3.52. The summed E-state index contributed by atoms with van der Waals surface area (Å²) in [5.74, 6) is 0.661. The summed E-state index contributed by atoms with van der Waals surface area (Å²) >= 11 is 3.52. The van der Waals surface area contributed by atoms with Crippen molar-refractivity contribution in [3.05, 3.63) is 34.3 Å². The van der Waals surface area contributed by atoms with Gasteiger partial charge in [-0.3, -0.25) is 0 Å². The van der Waals surface area contributed by atoms with E-state index < -0.39 is 0 Å². The minimum atomic E-state index is 0.661. The van der Waals surface area contributed by atoms with Gasteiger partial charge in [0.1, 0.15) is 0 Å². The van der Waals surface area contributed by atoms with E-state index in [2.05, 4.69) is 59.4 Å². The SMILES string of the molecule is CCCCCCCCC(CNCC)c1ccc(Br)cc1. The van der Waals surface area contributed by atoms with Gasteiger partial charge in [-0.05, 0) is 36.6 Å². The lowest BCUT2D eigenvalue weighted by molar-refractivity contribution is 0.512. The summed E-state index contributed by atoms with van der Waals surface area (Å²) in [4.78, 5) is 0. The van der Waals surface area contributed by atoms with Crippen molar-refractivity contribution in [1.82, 2.24) is 5.32 Å². The Morgan fingerprint density at radius 2 is 1.60 bits per heavy atom. The molecule has 114 valence electrons. The van der Waals surface area contributed by atoms with Crippen LogP contribution in [0.3, 0.4) is 0 Å². The summed E-state index contributed by atoms with van der Waals surface area (Å²) in [5.41, 5.74) is 1.47. The largest absolute Gasteiger partial charge is 0.316 e. The van der Waals surface area contributed by atoms with E-state index in [9.17, 15) is 0 Å². The molecule has 0 saturated carbocycles. The Balaban J connectivity index is 2.37. The van der Waals surface area contributed by atoms with Crippen molar-refractivity contribution in [1.29, 1.82) is 0 Å². The molecule has 0 aliphatic heterocycles. The molecule has 0 aromatic heterocycles. The molecule has 0 aliphatic carbocycles. The van der Waals surface area contributed by atoms with E-state index in [0.717, 1.165) is 13.1 Å². The second-order valence-electron chi connectivity index (χ2n) is 5.61. The van der Waals surface area contributed by atoms with Crippen LogP contribution in [0.2, 0.25) is 0 Å². The number of likely N-dealkylation sites (N-methyl/N-ethyl adjacent to an activating group) is 1. The topological polar surface area (TPSA) is 12.0 Å². The Morgan fingerprint density at radius 3 is 2.25 bits per heavy atom. The molecule has 1 unspecified atom stereocenters. The Bertz CT molecular complexity index is 334. The second-order valence-corrected chi connectivity index (χ2v) is 6.53. The molecule has 1 aromatic carbocycles. The zero-order valence-electron chi connectivity index (χ0n) is 13.1. The van der Waals surface area contributed by atoms with E-state index in [1.165, 1.54) is 55.0 Å². The lowest BCUT2D eigenvalue weighted by Gasteiger charge is -2.18. The van der Waals surface area contributed by atoms with E-state index >= 15 is 0 Å². The average Bonchev–Trinajstić information content (AvgIpc) is 2.47. The summed E-state index contributed by atoms with van der Waals surface area (Å²) in [6.45, 7) is 6.62. The summed E-state index contributed by atoms with van der Waals surface area (Å²) in [7, 11) is 0. The summed E-state index contributed by atoms with van der Waals surface area (Å²) in [6, 6.07) is 8.86. The van der Waals surface area contributed by atoms with E-state index in [-0.39, 0.29) is 0 Å². The van der Waals surface area contributed by atoms with Crippen LogP contribution in [0.15, 0.2) is 28.7 Å². The maximum atomic E-state index is 3.52. The molecule has 0 fully saturated rings. The quantitative estimate of drug-likeness (QED) is 0.495. The van der Waals surface area contributed by atoms with Crippen molar-refractivity contribution < 1.29 is 0 Å². The third-order valence-electron chi connectivity index (χ3n) is 3.89. The number of halogens is 1. The number of benzene rings is 1. The van der Waals surface area contributed by atoms with Crippen LogP contribution in [-0.4, -0.2) is 13.1 Å². The second kappa shape index (κ2) is 11.3. The molecule has 1 nitrogen and oxygen atoms in total. The molecule has 1 aromatic rings. The third kappa shape index (κ3) is 7.44. The molecule has 2 heteroatoms. The van der Waals surface area contributed by atoms with Crippen LogP contribution in [0.5, 0.6) is 0 Å². The molecule has 0 amide bonds. The van der Waals surface area contributed by atoms with Crippen LogP contribution in [0.1, 0.15) is 70.3 Å². The molecule has 20 heavy (non-hydrogen) atoms. The highest BCUT2D eigenvalue weighted by atomic mass is 79.9. The smallest absolute Gasteiger partial charge is 0.0175 e. The summed E-state index contributed by atoms with van der Waals surface area (Å²) in [6.07, 6.45) is 9.60. The van der Waals surface area contributed by atoms with Gasteiger partial charge in [0.2, 0.25) is 0 Å². The molecule has 0 aliphatic rings. The van der Waals surface area contributed by atoms with Crippen molar-refractivity contribution >= 4 is 15.9 Å². The molecule has 0 bridgehead atoms. The lowest BCUT2D eigenvalue weighted by Crippen LogP contribution is -2.21. The van der Waals surface area contributed by atoms with E-state index in [1.807, 2.05) is 0 Å². The van der Waals surface area contributed by atoms with Gasteiger partial charge in [-0.25, -0.2) is 0 Å². The van der Waals surface area contributed by atoms with Crippen molar-refractivity contribution in [2.45, 2.75) is 64.7 Å². The Labute approximate surface area is 133 Å². The van der Waals surface area contributed by atoms with Gasteiger partial charge in [0, 0.05) is 11.0 Å². The highest BCUT2D eigenvalue weighted by Crippen LogP contribution is 2.24. The van der Waals surface area contributed by atoms with Crippen molar-refractivity contribution in [2.24, 2.45) is 0 Å². The van der Waals surface area contributed by atoms with E-state index in [0.29, 0.717) is 5.92 Å². The summed E-state index contributed by atoms with van der Waals surface area (Å²) in [5, 5.41) is 3.51.